The van der Waals surface area contributed by atoms with Crippen LogP contribution in [0.3, 0.4) is 0 Å². The first kappa shape index (κ1) is 38.1. The summed E-state index contributed by atoms with van der Waals surface area (Å²) in [5.41, 5.74) is 1.63. The topological polar surface area (TPSA) is 158 Å². The number of carbonyl (C=O) groups excluding carboxylic acids is 1. The number of rotatable bonds is 11. The Hall–Kier alpha value is -1.11. The fourth-order valence-corrected chi connectivity index (χ4v) is 11.4. The van der Waals surface area contributed by atoms with Crippen molar-refractivity contribution in [3.8, 4) is 0 Å². The monoisotopic (exact) mass is 679 g/mol. The zero-order valence-corrected chi connectivity index (χ0v) is 30.6. The van der Waals surface area contributed by atoms with Crippen molar-refractivity contribution < 1.29 is 44.5 Å². The first-order valence-corrected chi connectivity index (χ1v) is 18.8. The van der Waals surface area contributed by atoms with E-state index >= 15 is 0 Å². The van der Waals surface area contributed by atoms with E-state index in [2.05, 4.69) is 46.9 Å². The number of amides is 1. The molecule has 0 radical (unpaired) electrons. The number of fused-ring (bicyclic) bond motifs is 4. The summed E-state index contributed by atoms with van der Waals surface area (Å²) in [5, 5.41) is 58.4. The molecule has 48 heavy (non-hydrogen) atoms. The van der Waals surface area contributed by atoms with E-state index in [1.165, 1.54) is 19.6 Å². The van der Waals surface area contributed by atoms with Crippen molar-refractivity contribution in [2.75, 3.05) is 13.7 Å². The summed E-state index contributed by atoms with van der Waals surface area (Å²) in [6.45, 7) is 14.7. The Morgan fingerprint density at radius 1 is 1.06 bits per heavy atom. The summed E-state index contributed by atoms with van der Waals surface area (Å²) < 4.78 is 18.7. The zero-order valence-electron chi connectivity index (χ0n) is 30.6. The van der Waals surface area contributed by atoms with E-state index in [1.807, 2.05) is 0 Å². The third kappa shape index (κ3) is 6.67. The molecular formula is C38H65NO9. The fourth-order valence-electron chi connectivity index (χ4n) is 11.4. The van der Waals surface area contributed by atoms with E-state index in [0.29, 0.717) is 31.1 Å². The smallest absolute Gasteiger partial charge is 0.217 e. The number of methoxy groups -OCH3 is 1. The van der Waals surface area contributed by atoms with Crippen LogP contribution in [0, 0.1) is 46.3 Å². The molecule has 10 nitrogen and oxygen atoms in total. The van der Waals surface area contributed by atoms with Gasteiger partial charge in [-0.3, -0.25) is 4.79 Å². The summed E-state index contributed by atoms with van der Waals surface area (Å²) in [7, 11) is 1.44. The van der Waals surface area contributed by atoms with E-state index < -0.39 is 49.0 Å². The van der Waals surface area contributed by atoms with Crippen LogP contribution in [0.15, 0.2) is 11.1 Å². The average Bonchev–Trinajstić information content (AvgIpc) is 3.33. The Kier molecular flexibility index (Phi) is 11.8. The Bertz CT molecular complexity index is 1160. The van der Waals surface area contributed by atoms with Gasteiger partial charge in [-0.2, -0.15) is 0 Å². The Morgan fingerprint density at radius 3 is 2.38 bits per heavy atom. The van der Waals surface area contributed by atoms with Crippen LogP contribution >= 0.6 is 0 Å². The first-order valence-electron chi connectivity index (χ1n) is 18.8. The first-order chi connectivity index (χ1) is 22.6. The van der Waals surface area contributed by atoms with Crippen molar-refractivity contribution in [3.05, 3.63) is 11.1 Å². The second kappa shape index (κ2) is 14.9. The van der Waals surface area contributed by atoms with Crippen LogP contribution in [0.5, 0.6) is 0 Å². The lowest BCUT2D eigenvalue weighted by Crippen LogP contribution is -2.65. The molecular weight excluding hydrogens is 614 g/mol. The molecule has 0 unspecified atom stereocenters. The lowest BCUT2D eigenvalue weighted by molar-refractivity contribution is -0.290. The number of aliphatic hydroxyl groups is 5. The normalized spacial score (nSPS) is 45.7. The van der Waals surface area contributed by atoms with Gasteiger partial charge in [-0.1, -0.05) is 60.0 Å². The molecule has 3 saturated carbocycles. The van der Waals surface area contributed by atoms with Gasteiger partial charge in [-0.05, 0) is 96.9 Å². The molecule has 0 aromatic rings. The molecule has 1 heterocycles. The van der Waals surface area contributed by atoms with Crippen molar-refractivity contribution in [2.24, 2.45) is 46.3 Å². The molecule has 4 aliphatic carbocycles. The van der Waals surface area contributed by atoms with Crippen LogP contribution in [0.4, 0.5) is 0 Å². The van der Waals surface area contributed by atoms with Gasteiger partial charge in [0, 0.05) is 14.0 Å². The average molecular weight is 680 g/mol. The predicted molar refractivity (Wildman–Crippen MR) is 181 cm³/mol. The summed E-state index contributed by atoms with van der Waals surface area (Å²) >= 11 is 0. The highest BCUT2D eigenvalue weighted by Crippen LogP contribution is 2.66. The lowest BCUT2D eigenvalue weighted by atomic mass is 9.47. The molecule has 0 spiro atoms. The SMILES string of the molecule is CC[C@H](CC[C@@H](C)[C@H]1[C@H](O[C@@H]2O[C@H](CO)[C@H](OC)[C@H](O)[C@H]2NC(C)=O)CC2=C3[C@@H](O)[C@@H](O)[C@H]4C[C@@H](O)CC[C@]4(C)[C@H]3CC[C@@]21C)C(C)C. The molecule has 5 rings (SSSR count). The highest BCUT2D eigenvalue weighted by atomic mass is 16.7. The number of aliphatic hydroxyl groups excluding tert-OH is 5. The van der Waals surface area contributed by atoms with E-state index in [-0.39, 0.29) is 53.1 Å². The highest BCUT2D eigenvalue weighted by Gasteiger charge is 2.63. The molecule has 1 amide bonds. The van der Waals surface area contributed by atoms with Gasteiger partial charge in [0.05, 0.1) is 24.9 Å². The summed E-state index contributed by atoms with van der Waals surface area (Å²) in [6.07, 6.45) is 0.985. The van der Waals surface area contributed by atoms with Crippen molar-refractivity contribution in [1.29, 1.82) is 0 Å². The highest BCUT2D eigenvalue weighted by molar-refractivity contribution is 5.73. The second-order valence-corrected chi connectivity index (χ2v) is 16.9. The molecule has 5 aliphatic rings. The van der Waals surface area contributed by atoms with Crippen LogP contribution in [0.1, 0.15) is 106 Å². The van der Waals surface area contributed by atoms with E-state index in [9.17, 15) is 30.3 Å². The molecule has 1 aliphatic heterocycles. The molecule has 0 aromatic carbocycles. The molecule has 10 heteroatoms. The minimum absolute atomic E-state index is 0.0557. The Balaban J connectivity index is 1.55. The maximum atomic E-state index is 12.3. The standard InChI is InChI=1S/C38H65NO9/c1-9-22(19(2)3)11-10-20(4)30-27(47-36-31(39-21(5)41)34(45)35(46-8)28(18-40)48-36)17-25-29-24(13-15-38(25,30)7)37(6)14-12-23(42)16-26(37)32(43)33(29)44/h19-20,22-24,26-28,30-36,40,42-45H,9-18H2,1-8H3,(H,39,41)/t20-,22-,23+,24+,26-,27-,28-,30+,31-,32+,33-,34-,35+,36-,37-,38+/m1/s1. The fraction of sp³-hybridized carbons (Fsp3) is 0.921. The Morgan fingerprint density at radius 2 is 1.77 bits per heavy atom. The van der Waals surface area contributed by atoms with E-state index in [4.69, 9.17) is 14.2 Å². The van der Waals surface area contributed by atoms with Crippen molar-refractivity contribution in [1.82, 2.24) is 5.32 Å². The van der Waals surface area contributed by atoms with Crippen LogP contribution < -0.4 is 5.32 Å². The quantitative estimate of drug-likeness (QED) is 0.179. The van der Waals surface area contributed by atoms with Crippen LogP contribution in [-0.2, 0) is 19.0 Å². The van der Waals surface area contributed by atoms with Gasteiger partial charge in [-0.15, -0.1) is 0 Å². The van der Waals surface area contributed by atoms with Crippen molar-refractivity contribution in [2.45, 2.75) is 161 Å². The maximum absolute atomic E-state index is 12.3. The minimum Gasteiger partial charge on any atom is -0.394 e. The molecule has 0 aromatic heterocycles. The molecule has 0 bridgehead atoms. The maximum Gasteiger partial charge on any atom is 0.217 e. The van der Waals surface area contributed by atoms with E-state index in [0.717, 1.165) is 44.1 Å². The summed E-state index contributed by atoms with van der Waals surface area (Å²) in [4.78, 5) is 12.3. The zero-order chi connectivity index (χ0) is 35.3. The number of hydrogen-bond donors (Lipinski definition) is 6. The lowest BCUT2D eigenvalue weighted by Gasteiger charge is -2.59. The van der Waals surface area contributed by atoms with Crippen molar-refractivity contribution in [3.63, 3.8) is 0 Å². The van der Waals surface area contributed by atoms with Crippen LogP contribution in [0.25, 0.3) is 0 Å². The van der Waals surface area contributed by atoms with Gasteiger partial charge in [0.15, 0.2) is 6.29 Å². The molecule has 4 fully saturated rings. The molecule has 276 valence electrons. The molecule has 16 atom stereocenters. The largest absolute Gasteiger partial charge is 0.394 e. The molecule has 6 N–H and O–H groups in total. The summed E-state index contributed by atoms with van der Waals surface area (Å²) in [5.74, 6) is 1.12. The van der Waals surface area contributed by atoms with Crippen molar-refractivity contribution >= 4 is 5.91 Å². The second-order valence-electron chi connectivity index (χ2n) is 16.9. The third-order valence-electron chi connectivity index (χ3n) is 14.0. The van der Waals surface area contributed by atoms with Gasteiger partial charge < -0.3 is 45.1 Å². The van der Waals surface area contributed by atoms with Gasteiger partial charge >= 0.3 is 0 Å². The van der Waals surface area contributed by atoms with Crippen LogP contribution in [-0.4, -0.2) is 100 Å². The van der Waals surface area contributed by atoms with Gasteiger partial charge in [-0.25, -0.2) is 0 Å². The number of nitrogens with one attached hydrogen (secondary N) is 1. The summed E-state index contributed by atoms with van der Waals surface area (Å²) in [6, 6.07) is -0.909. The minimum atomic E-state index is -1.17. The van der Waals surface area contributed by atoms with E-state index in [1.54, 1.807) is 0 Å². The molecule has 1 saturated heterocycles. The number of hydrogen-bond acceptors (Lipinski definition) is 9. The number of carbonyl (C=O) groups is 1. The number of ether oxygens (including phenoxy) is 3. The predicted octanol–water partition coefficient (Wildman–Crippen LogP) is 3.70. The van der Waals surface area contributed by atoms with Gasteiger partial charge in [0.2, 0.25) is 5.91 Å². The van der Waals surface area contributed by atoms with Gasteiger partial charge in [0.1, 0.15) is 30.5 Å². The van der Waals surface area contributed by atoms with Crippen LogP contribution in [0.2, 0.25) is 0 Å². The van der Waals surface area contributed by atoms with Gasteiger partial charge in [0.25, 0.3) is 0 Å². The third-order valence-corrected chi connectivity index (χ3v) is 14.0. The Labute approximate surface area is 288 Å².